The van der Waals surface area contributed by atoms with E-state index in [0.29, 0.717) is 5.41 Å². The third kappa shape index (κ3) is 6.50. The van der Waals surface area contributed by atoms with Gasteiger partial charge in [-0.25, -0.2) is 0 Å². The number of nitrogens with one attached hydrogen (secondary N) is 1. The fourth-order valence-corrected chi connectivity index (χ4v) is 2.99. The van der Waals surface area contributed by atoms with Gasteiger partial charge in [0.05, 0.1) is 0 Å². The van der Waals surface area contributed by atoms with E-state index in [4.69, 9.17) is 0 Å². The lowest BCUT2D eigenvalue weighted by Crippen LogP contribution is -2.23. The van der Waals surface area contributed by atoms with E-state index in [1.807, 2.05) is 0 Å². The molecule has 0 unspecified atom stereocenters. The SMILES string of the molecule is C=NNC(=C)C(C)(C)CCCC(C)(C)CCC1=CCCC1. The number of allylic oxidation sites excluding steroid dienone is 3. The Bertz CT molecular complexity index is 388. The Balaban J connectivity index is 2.31. The lowest BCUT2D eigenvalue weighted by Gasteiger charge is -2.30. The van der Waals surface area contributed by atoms with Gasteiger partial charge in [0.15, 0.2) is 0 Å². The van der Waals surface area contributed by atoms with E-state index < -0.39 is 0 Å². The van der Waals surface area contributed by atoms with E-state index in [-0.39, 0.29) is 5.41 Å². The summed E-state index contributed by atoms with van der Waals surface area (Å²) in [6.07, 6.45) is 12.7. The van der Waals surface area contributed by atoms with Gasteiger partial charge in [-0.1, -0.05) is 52.3 Å². The first-order valence-electron chi connectivity index (χ1n) is 8.36. The smallest absolute Gasteiger partial charge is 0.0320 e. The van der Waals surface area contributed by atoms with Crippen LogP contribution >= 0.6 is 0 Å². The zero-order valence-electron chi connectivity index (χ0n) is 14.6. The van der Waals surface area contributed by atoms with Crippen LogP contribution in [0.1, 0.15) is 79.1 Å². The fourth-order valence-electron chi connectivity index (χ4n) is 2.99. The summed E-state index contributed by atoms with van der Waals surface area (Å²) in [5.74, 6) is 0. The van der Waals surface area contributed by atoms with Crippen molar-refractivity contribution in [1.29, 1.82) is 0 Å². The van der Waals surface area contributed by atoms with Gasteiger partial charge in [-0.05, 0) is 50.4 Å². The average molecular weight is 290 g/mol. The lowest BCUT2D eigenvalue weighted by atomic mass is 9.77. The molecule has 0 radical (unpaired) electrons. The Kier molecular flexibility index (Phi) is 6.70. The monoisotopic (exact) mass is 290 g/mol. The molecule has 0 bridgehead atoms. The van der Waals surface area contributed by atoms with Gasteiger partial charge in [0, 0.05) is 17.8 Å². The molecule has 0 saturated carbocycles. The Morgan fingerprint density at radius 1 is 1.24 bits per heavy atom. The quantitative estimate of drug-likeness (QED) is 0.306. The first kappa shape index (κ1) is 18.0. The predicted molar refractivity (Wildman–Crippen MR) is 94.4 cm³/mol. The zero-order valence-corrected chi connectivity index (χ0v) is 14.6. The third-order valence-electron chi connectivity index (χ3n) is 4.94. The van der Waals surface area contributed by atoms with Crippen molar-refractivity contribution in [3.63, 3.8) is 0 Å². The minimum absolute atomic E-state index is 0.0747. The summed E-state index contributed by atoms with van der Waals surface area (Å²) in [6, 6.07) is 0. The maximum Gasteiger partial charge on any atom is 0.0320 e. The first-order chi connectivity index (χ1) is 9.77. The van der Waals surface area contributed by atoms with Crippen LogP contribution in [-0.2, 0) is 0 Å². The van der Waals surface area contributed by atoms with Crippen molar-refractivity contribution in [3.05, 3.63) is 23.9 Å². The molecule has 0 amide bonds. The normalized spacial score (nSPS) is 15.7. The number of hydrogen-bond donors (Lipinski definition) is 1. The molecule has 0 aliphatic heterocycles. The van der Waals surface area contributed by atoms with Crippen LogP contribution < -0.4 is 5.43 Å². The van der Waals surface area contributed by atoms with Gasteiger partial charge in [-0.2, -0.15) is 5.10 Å². The topological polar surface area (TPSA) is 24.4 Å². The number of nitrogens with zero attached hydrogens (tertiary/aromatic N) is 1. The highest BCUT2D eigenvalue weighted by atomic mass is 15.3. The lowest BCUT2D eigenvalue weighted by molar-refractivity contribution is 0.268. The Labute approximate surface area is 131 Å². The van der Waals surface area contributed by atoms with Crippen molar-refractivity contribution in [1.82, 2.24) is 5.43 Å². The van der Waals surface area contributed by atoms with Crippen LogP contribution in [0.25, 0.3) is 0 Å². The van der Waals surface area contributed by atoms with Crippen LogP contribution in [-0.4, -0.2) is 6.72 Å². The first-order valence-corrected chi connectivity index (χ1v) is 8.36. The van der Waals surface area contributed by atoms with Crippen molar-refractivity contribution in [2.75, 3.05) is 0 Å². The molecule has 0 atom stereocenters. The molecule has 1 N–H and O–H groups in total. The largest absolute Gasteiger partial charge is 0.283 e. The second-order valence-corrected chi connectivity index (χ2v) is 7.90. The summed E-state index contributed by atoms with van der Waals surface area (Å²) in [6.45, 7) is 16.8. The second kappa shape index (κ2) is 7.82. The molecule has 1 aliphatic carbocycles. The molecular weight excluding hydrogens is 256 g/mol. The zero-order chi connectivity index (χ0) is 15.9. The molecule has 0 aromatic heterocycles. The van der Waals surface area contributed by atoms with Gasteiger partial charge in [0.2, 0.25) is 0 Å². The van der Waals surface area contributed by atoms with Crippen molar-refractivity contribution in [3.8, 4) is 0 Å². The van der Waals surface area contributed by atoms with Gasteiger partial charge in [0.25, 0.3) is 0 Å². The van der Waals surface area contributed by atoms with Crippen LogP contribution in [0, 0.1) is 10.8 Å². The van der Waals surface area contributed by atoms with Gasteiger partial charge >= 0.3 is 0 Å². The van der Waals surface area contributed by atoms with Crippen molar-refractivity contribution >= 4 is 6.72 Å². The number of rotatable bonds is 10. The predicted octanol–water partition coefficient (Wildman–Crippen LogP) is 5.82. The average Bonchev–Trinajstić information content (AvgIpc) is 2.89. The summed E-state index contributed by atoms with van der Waals surface area (Å²) in [7, 11) is 0. The van der Waals surface area contributed by atoms with E-state index in [0.717, 1.165) is 12.1 Å². The van der Waals surface area contributed by atoms with Crippen molar-refractivity contribution in [2.24, 2.45) is 15.9 Å². The van der Waals surface area contributed by atoms with Crippen LogP contribution in [0.2, 0.25) is 0 Å². The molecule has 1 aliphatic rings. The minimum Gasteiger partial charge on any atom is -0.283 e. The van der Waals surface area contributed by atoms with Gasteiger partial charge in [-0.3, -0.25) is 5.43 Å². The Morgan fingerprint density at radius 3 is 2.52 bits per heavy atom. The summed E-state index contributed by atoms with van der Waals surface area (Å²) in [4.78, 5) is 0. The van der Waals surface area contributed by atoms with E-state index in [1.54, 1.807) is 5.57 Å². The van der Waals surface area contributed by atoms with Crippen LogP contribution in [0.5, 0.6) is 0 Å². The van der Waals surface area contributed by atoms with E-state index in [2.05, 4.69) is 57.6 Å². The molecule has 21 heavy (non-hydrogen) atoms. The van der Waals surface area contributed by atoms with E-state index >= 15 is 0 Å². The highest BCUT2D eigenvalue weighted by Crippen LogP contribution is 2.36. The summed E-state index contributed by atoms with van der Waals surface area (Å²) in [5, 5.41) is 3.73. The van der Waals surface area contributed by atoms with E-state index in [1.165, 1.54) is 44.9 Å². The Hall–Kier alpha value is -1.05. The third-order valence-corrected chi connectivity index (χ3v) is 4.94. The summed E-state index contributed by atoms with van der Waals surface area (Å²) < 4.78 is 0. The fraction of sp³-hybridized carbons (Fsp3) is 0.737. The van der Waals surface area contributed by atoms with Crippen LogP contribution in [0.3, 0.4) is 0 Å². The highest BCUT2D eigenvalue weighted by Gasteiger charge is 2.24. The van der Waals surface area contributed by atoms with E-state index in [9.17, 15) is 0 Å². The maximum absolute atomic E-state index is 4.07. The van der Waals surface area contributed by atoms with Crippen LogP contribution in [0.4, 0.5) is 0 Å². The standard InChI is InChI=1S/C19H34N2/c1-16(21-20-6)19(4,5)14-9-13-18(2,3)15-12-17-10-7-8-11-17/h10,21H,1,6-9,11-15H2,2-5H3. The van der Waals surface area contributed by atoms with Crippen molar-refractivity contribution < 1.29 is 0 Å². The maximum atomic E-state index is 4.07. The highest BCUT2D eigenvalue weighted by molar-refractivity contribution is 5.23. The van der Waals surface area contributed by atoms with Gasteiger partial charge in [-0.15, -0.1) is 0 Å². The molecule has 120 valence electrons. The van der Waals surface area contributed by atoms with Crippen molar-refractivity contribution in [2.45, 2.75) is 79.1 Å². The van der Waals surface area contributed by atoms with Crippen LogP contribution in [0.15, 0.2) is 29.0 Å². The molecular formula is C19H34N2. The molecule has 1 rings (SSSR count). The molecule has 2 nitrogen and oxygen atoms in total. The van der Waals surface area contributed by atoms with Gasteiger partial charge < -0.3 is 0 Å². The second-order valence-electron chi connectivity index (χ2n) is 7.90. The minimum atomic E-state index is 0.0747. The Morgan fingerprint density at radius 2 is 1.95 bits per heavy atom. The number of hydrogen-bond acceptors (Lipinski definition) is 2. The molecule has 2 heteroatoms. The molecule has 0 spiro atoms. The van der Waals surface area contributed by atoms with Gasteiger partial charge in [0.1, 0.15) is 0 Å². The molecule has 0 aromatic carbocycles. The molecule has 0 saturated heterocycles. The number of hydrazone groups is 1. The molecule has 0 fully saturated rings. The molecule has 0 heterocycles. The summed E-state index contributed by atoms with van der Waals surface area (Å²) in [5.41, 5.74) is 6.07. The molecule has 0 aromatic rings. The summed E-state index contributed by atoms with van der Waals surface area (Å²) >= 11 is 0.